The summed E-state index contributed by atoms with van der Waals surface area (Å²) in [5.74, 6) is 5.86. The molecule has 6 N–H and O–H groups in total. The number of hydrazine groups is 1. The maximum atomic E-state index is 8.36. The Morgan fingerprint density at radius 2 is 2.12 bits per heavy atom. The number of methoxy groups -OCH3 is 1. The molecule has 0 saturated carbocycles. The molecular weight excluding hydrogens is 230 g/mol. The standard InChI is InChI=1S/C8H12N4O.HNO3/c1-13-7-5-3-2-4-6(7)11-8(9)12-10;2-1(3)4/h2-5H,10H2,1H3,(H3,9,11,12);(H,2,3,4). The first kappa shape index (κ1) is 14.5. The number of nitrogens with one attached hydrogen (secondary N) is 1. The van der Waals surface area contributed by atoms with E-state index >= 15 is 0 Å². The molecule has 0 radical (unpaired) electrons. The van der Waals surface area contributed by atoms with Crippen LogP contribution in [0.3, 0.4) is 0 Å². The SMILES string of the molecule is COc1ccccc1N=C(N)NN.O=[N+]([O-])O. The summed E-state index contributed by atoms with van der Waals surface area (Å²) in [6, 6.07) is 7.26. The average Bonchev–Trinajstić information content (AvgIpc) is 2.29. The first-order valence-electron chi connectivity index (χ1n) is 4.28. The second-order valence-electron chi connectivity index (χ2n) is 2.55. The highest BCUT2D eigenvalue weighted by Crippen LogP contribution is 2.25. The van der Waals surface area contributed by atoms with Crippen molar-refractivity contribution in [2.45, 2.75) is 0 Å². The molecule has 0 atom stereocenters. The topological polar surface area (TPSA) is 149 Å². The maximum absolute atomic E-state index is 8.36. The third kappa shape index (κ3) is 6.52. The molecule has 1 aromatic carbocycles. The predicted octanol–water partition coefficient (Wildman–Crippen LogP) is -0.243. The van der Waals surface area contributed by atoms with Crippen molar-refractivity contribution < 1.29 is 15.0 Å². The molecule has 0 aliphatic rings. The van der Waals surface area contributed by atoms with Crippen LogP contribution >= 0.6 is 0 Å². The van der Waals surface area contributed by atoms with Crippen LogP contribution in [-0.2, 0) is 0 Å². The zero-order chi connectivity index (χ0) is 13.3. The first-order valence-corrected chi connectivity index (χ1v) is 4.28. The smallest absolute Gasteiger partial charge is 0.291 e. The van der Waals surface area contributed by atoms with Crippen LogP contribution in [0.4, 0.5) is 5.69 Å². The highest BCUT2D eigenvalue weighted by molar-refractivity contribution is 5.81. The fourth-order valence-electron chi connectivity index (χ4n) is 0.884. The number of rotatable bonds is 2. The highest BCUT2D eigenvalue weighted by Gasteiger charge is 1.99. The summed E-state index contributed by atoms with van der Waals surface area (Å²) in [6.07, 6.45) is 0. The van der Waals surface area contributed by atoms with Crippen LogP contribution in [0.1, 0.15) is 0 Å². The van der Waals surface area contributed by atoms with Gasteiger partial charge in [-0.2, -0.15) is 0 Å². The van der Waals surface area contributed by atoms with E-state index in [0.29, 0.717) is 11.4 Å². The summed E-state index contributed by atoms with van der Waals surface area (Å²) in [7, 11) is 1.57. The largest absolute Gasteiger partial charge is 0.494 e. The molecule has 1 rings (SSSR count). The summed E-state index contributed by atoms with van der Waals surface area (Å²) in [5, 5.41) is 13.6. The summed E-state index contributed by atoms with van der Waals surface area (Å²) in [4.78, 5) is 12.3. The van der Waals surface area contributed by atoms with E-state index in [9.17, 15) is 0 Å². The van der Waals surface area contributed by atoms with Crippen molar-refractivity contribution in [3.63, 3.8) is 0 Å². The normalized spacial score (nSPS) is 9.88. The van der Waals surface area contributed by atoms with E-state index in [1.165, 1.54) is 0 Å². The third-order valence-corrected chi connectivity index (χ3v) is 1.47. The van der Waals surface area contributed by atoms with Gasteiger partial charge in [-0.05, 0) is 12.1 Å². The molecule has 0 heterocycles. The monoisotopic (exact) mass is 243 g/mol. The molecule has 9 nitrogen and oxygen atoms in total. The Bertz CT molecular complexity index is 391. The van der Waals surface area contributed by atoms with E-state index in [0.717, 1.165) is 0 Å². The van der Waals surface area contributed by atoms with E-state index in [4.69, 9.17) is 31.6 Å². The van der Waals surface area contributed by atoms with Crippen LogP contribution in [0, 0.1) is 10.1 Å². The predicted molar refractivity (Wildman–Crippen MR) is 60.4 cm³/mol. The van der Waals surface area contributed by atoms with Crippen molar-refractivity contribution in [2.75, 3.05) is 7.11 Å². The lowest BCUT2D eigenvalue weighted by Crippen LogP contribution is -2.36. The maximum Gasteiger partial charge on any atom is 0.291 e. The van der Waals surface area contributed by atoms with Gasteiger partial charge in [-0.15, -0.1) is 10.1 Å². The molecule has 94 valence electrons. The Labute approximate surface area is 96.8 Å². The lowest BCUT2D eigenvalue weighted by atomic mass is 10.3. The van der Waals surface area contributed by atoms with Crippen molar-refractivity contribution in [2.24, 2.45) is 16.6 Å². The Balaban J connectivity index is 0.000000557. The highest BCUT2D eigenvalue weighted by atomic mass is 16.9. The van der Waals surface area contributed by atoms with Gasteiger partial charge in [-0.25, -0.2) is 10.8 Å². The van der Waals surface area contributed by atoms with Crippen molar-refractivity contribution in [3.8, 4) is 5.75 Å². The van der Waals surface area contributed by atoms with E-state index in [1.807, 2.05) is 12.1 Å². The van der Waals surface area contributed by atoms with E-state index in [1.54, 1.807) is 19.2 Å². The summed E-state index contributed by atoms with van der Waals surface area (Å²) in [6.45, 7) is 0. The van der Waals surface area contributed by atoms with Crippen LogP contribution in [0.5, 0.6) is 5.75 Å². The van der Waals surface area contributed by atoms with Crippen molar-refractivity contribution in [1.29, 1.82) is 0 Å². The second-order valence-corrected chi connectivity index (χ2v) is 2.55. The Morgan fingerprint density at radius 3 is 2.59 bits per heavy atom. The van der Waals surface area contributed by atoms with Gasteiger partial charge in [0, 0.05) is 0 Å². The number of ether oxygens (including phenoxy) is 1. The number of nitrogens with two attached hydrogens (primary N) is 2. The molecule has 9 heteroatoms. The fourth-order valence-corrected chi connectivity index (χ4v) is 0.884. The Kier molecular flexibility index (Phi) is 6.55. The lowest BCUT2D eigenvalue weighted by molar-refractivity contribution is -0.742. The van der Waals surface area contributed by atoms with Gasteiger partial charge in [0.25, 0.3) is 5.09 Å². The van der Waals surface area contributed by atoms with Crippen molar-refractivity contribution in [1.82, 2.24) is 5.43 Å². The third-order valence-electron chi connectivity index (χ3n) is 1.47. The number of hydrogen-bond donors (Lipinski definition) is 4. The molecule has 0 bridgehead atoms. The number of nitrogens with zero attached hydrogens (tertiary/aromatic N) is 2. The number of para-hydroxylation sites is 2. The van der Waals surface area contributed by atoms with Gasteiger partial charge in [-0.3, -0.25) is 5.43 Å². The minimum absolute atomic E-state index is 0.143. The van der Waals surface area contributed by atoms with Gasteiger partial charge < -0.3 is 15.7 Å². The van der Waals surface area contributed by atoms with Crippen LogP contribution < -0.4 is 21.7 Å². The van der Waals surface area contributed by atoms with Gasteiger partial charge in [0.05, 0.1) is 7.11 Å². The van der Waals surface area contributed by atoms with Crippen molar-refractivity contribution in [3.05, 3.63) is 34.4 Å². The van der Waals surface area contributed by atoms with Crippen LogP contribution in [0.2, 0.25) is 0 Å². The quantitative estimate of drug-likeness (QED) is 0.184. The summed E-state index contributed by atoms with van der Waals surface area (Å²) in [5.41, 5.74) is 8.26. The minimum atomic E-state index is -1.50. The molecular formula is C8H13N5O4. The zero-order valence-electron chi connectivity index (χ0n) is 9.03. The second kappa shape index (κ2) is 7.70. The van der Waals surface area contributed by atoms with E-state index in [-0.39, 0.29) is 5.96 Å². The molecule has 0 unspecified atom stereocenters. The zero-order valence-corrected chi connectivity index (χ0v) is 9.03. The number of guanidine groups is 1. The van der Waals surface area contributed by atoms with Crippen molar-refractivity contribution >= 4 is 11.6 Å². The molecule has 0 aliphatic carbocycles. The van der Waals surface area contributed by atoms with Gasteiger partial charge >= 0.3 is 0 Å². The molecule has 1 aromatic rings. The molecule has 0 saturated heterocycles. The Morgan fingerprint density at radius 1 is 1.59 bits per heavy atom. The minimum Gasteiger partial charge on any atom is -0.494 e. The van der Waals surface area contributed by atoms with Crippen LogP contribution in [0.15, 0.2) is 29.3 Å². The molecule has 0 amide bonds. The van der Waals surface area contributed by atoms with Gasteiger partial charge in [0.1, 0.15) is 11.4 Å². The number of hydrogen-bond acceptors (Lipinski definition) is 5. The van der Waals surface area contributed by atoms with Gasteiger partial charge in [0.2, 0.25) is 5.96 Å². The molecule has 0 aromatic heterocycles. The molecule has 0 spiro atoms. The lowest BCUT2D eigenvalue weighted by Gasteiger charge is -2.04. The Hall–Kier alpha value is -2.55. The summed E-state index contributed by atoms with van der Waals surface area (Å²) >= 11 is 0. The van der Waals surface area contributed by atoms with Crippen LogP contribution in [0.25, 0.3) is 0 Å². The van der Waals surface area contributed by atoms with E-state index in [2.05, 4.69) is 10.4 Å². The average molecular weight is 243 g/mol. The molecule has 0 fully saturated rings. The molecule has 0 aliphatic heterocycles. The van der Waals surface area contributed by atoms with E-state index < -0.39 is 5.09 Å². The first-order chi connectivity index (χ1) is 8.01. The molecule has 17 heavy (non-hydrogen) atoms. The number of benzene rings is 1. The van der Waals surface area contributed by atoms with Gasteiger partial charge in [-0.1, -0.05) is 12.1 Å². The van der Waals surface area contributed by atoms with Crippen LogP contribution in [-0.4, -0.2) is 23.4 Å². The summed E-state index contributed by atoms with van der Waals surface area (Å²) < 4.78 is 5.06. The fraction of sp³-hybridized carbons (Fsp3) is 0.125. The number of aliphatic imine (C=N–C) groups is 1. The van der Waals surface area contributed by atoms with Gasteiger partial charge in [0.15, 0.2) is 0 Å².